The van der Waals surface area contributed by atoms with Gasteiger partial charge in [0.15, 0.2) is 0 Å². The topological polar surface area (TPSA) is 60.0 Å². The normalized spacial score (nSPS) is 10.4. The second-order valence-corrected chi connectivity index (χ2v) is 5.17. The predicted octanol–water partition coefficient (Wildman–Crippen LogP) is 3.28. The third-order valence-corrected chi connectivity index (χ3v) is 3.24. The molecule has 94 valence electrons. The number of aromatic nitrogens is 1. The Bertz CT molecular complexity index is 609. The molecular formula is C12H11BrClN3O. The molecule has 3 N–H and O–H groups in total. The standard InChI is InChI=1S/C12H11BrClN3O/c1-17-6-8(15)5-11(17)12(18)16-10-3-2-7(13)4-9(10)14/h2-6H,15H2,1H3,(H,16,18). The van der Waals surface area contributed by atoms with E-state index >= 15 is 0 Å². The number of nitrogens with two attached hydrogens (primary N) is 1. The first-order valence-electron chi connectivity index (χ1n) is 5.15. The summed E-state index contributed by atoms with van der Waals surface area (Å²) in [5.41, 5.74) is 7.21. The van der Waals surface area contributed by atoms with Crippen LogP contribution in [0.25, 0.3) is 0 Å². The number of benzene rings is 1. The molecule has 0 atom stereocenters. The number of halogens is 2. The van der Waals surface area contributed by atoms with Crippen molar-refractivity contribution < 1.29 is 4.79 Å². The summed E-state index contributed by atoms with van der Waals surface area (Å²) in [6, 6.07) is 6.87. The van der Waals surface area contributed by atoms with Crippen LogP contribution in [0.5, 0.6) is 0 Å². The minimum atomic E-state index is -0.251. The highest BCUT2D eigenvalue weighted by molar-refractivity contribution is 9.10. The lowest BCUT2D eigenvalue weighted by Crippen LogP contribution is -2.15. The first-order chi connectivity index (χ1) is 8.47. The van der Waals surface area contributed by atoms with Crippen LogP contribution in [0.15, 0.2) is 34.9 Å². The second kappa shape index (κ2) is 5.04. The number of nitrogen functional groups attached to an aromatic ring is 1. The summed E-state index contributed by atoms with van der Waals surface area (Å²) in [4.78, 5) is 12.0. The summed E-state index contributed by atoms with van der Waals surface area (Å²) < 4.78 is 2.52. The monoisotopic (exact) mass is 327 g/mol. The van der Waals surface area contributed by atoms with Crippen molar-refractivity contribution in [3.63, 3.8) is 0 Å². The van der Waals surface area contributed by atoms with Crippen LogP contribution in [0.2, 0.25) is 5.02 Å². The van der Waals surface area contributed by atoms with Crippen molar-refractivity contribution in [3.05, 3.63) is 45.7 Å². The highest BCUT2D eigenvalue weighted by Crippen LogP contribution is 2.26. The van der Waals surface area contributed by atoms with Crippen LogP contribution < -0.4 is 11.1 Å². The molecule has 1 aromatic carbocycles. The van der Waals surface area contributed by atoms with Gasteiger partial charge in [0.2, 0.25) is 0 Å². The van der Waals surface area contributed by atoms with E-state index in [0.717, 1.165) is 4.47 Å². The first-order valence-corrected chi connectivity index (χ1v) is 6.32. The molecule has 0 bridgehead atoms. The van der Waals surface area contributed by atoms with Crippen LogP contribution in [-0.2, 0) is 7.05 Å². The molecular weight excluding hydrogens is 318 g/mol. The van der Waals surface area contributed by atoms with E-state index in [-0.39, 0.29) is 5.91 Å². The minimum absolute atomic E-state index is 0.251. The molecule has 0 fully saturated rings. The third kappa shape index (κ3) is 2.68. The predicted molar refractivity (Wildman–Crippen MR) is 76.9 cm³/mol. The second-order valence-electron chi connectivity index (χ2n) is 3.85. The molecule has 0 aliphatic carbocycles. The Balaban J connectivity index is 2.24. The Morgan fingerprint density at radius 2 is 2.17 bits per heavy atom. The van der Waals surface area contributed by atoms with Crippen molar-refractivity contribution in [1.29, 1.82) is 0 Å². The van der Waals surface area contributed by atoms with Crippen molar-refractivity contribution in [2.24, 2.45) is 7.05 Å². The number of hydrogen-bond donors (Lipinski definition) is 2. The zero-order chi connectivity index (χ0) is 13.3. The first kappa shape index (κ1) is 13.0. The maximum atomic E-state index is 12.0. The Labute approximate surface area is 118 Å². The van der Waals surface area contributed by atoms with Crippen LogP contribution in [0.4, 0.5) is 11.4 Å². The van der Waals surface area contributed by atoms with Crippen LogP contribution in [0.3, 0.4) is 0 Å². The summed E-state index contributed by atoms with van der Waals surface area (Å²) in [5.74, 6) is -0.251. The van der Waals surface area contributed by atoms with E-state index in [1.54, 1.807) is 42.1 Å². The number of nitrogens with one attached hydrogen (secondary N) is 1. The Hall–Kier alpha value is -1.46. The lowest BCUT2D eigenvalue weighted by Gasteiger charge is -2.08. The summed E-state index contributed by atoms with van der Waals surface area (Å²) in [6.07, 6.45) is 1.68. The SMILES string of the molecule is Cn1cc(N)cc1C(=O)Nc1ccc(Br)cc1Cl. The maximum Gasteiger partial charge on any atom is 0.272 e. The summed E-state index contributed by atoms with van der Waals surface area (Å²) in [7, 11) is 1.76. The molecule has 2 aromatic rings. The Morgan fingerprint density at radius 1 is 1.44 bits per heavy atom. The van der Waals surface area contributed by atoms with Gasteiger partial charge in [0.25, 0.3) is 5.91 Å². The molecule has 0 unspecified atom stereocenters. The molecule has 1 heterocycles. The van der Waals surface area contributed by atoms with Crippen molar-refractivity contribution >= 4 is 44.8 Å². The average molecular weight is 329 g/mol. The van der Waals surface area contributed by atoms with Crippen LogP contribution in [0.1, 0.15) is 10.5 Å². The number of carbonyl (C=O) groups is 1. The molecule has 1 amide bonds. The van der Waals surface area contributed by atoms with Gasteiger partial charge in [0.1, 0.15) is 5.69 Å². The van der Waals surface area contributed by atoms with E-state index in [0.29, 0.717) is 22.1 Å². The highest BCUT2D eigenvalue weighted by Gasteiger charge is 2.12. The smallest absolute Gasteiger partial charge is 0.272 e. The Morgan fingerprint density at radius 3 is 2.72 bits per heavy atom. The maximum absolute atomic E-state index is 12.0. The molecule has 4 nitrogen and oxygen atoms in total. The van der Waals surface area contributed by atoms with Crippen molar-refractivity contribution in [3.8, 4) is 0 Å². The number of amides is 1. The summed E-state index contributed by atoms with van der Waals surface area (Å²) in [5, 5.41) is 3.21. The van der Waals surface area contributed by atoms with E-state index in [2.05, 4.69) is 21.2 Å². The fourth-order valence-corrected chi connectivity index (χ4v) is 2.31. The van der Waals surface area contributed by atoms with Gasteiger partial charge in [-0.2, -0.15) is 0 Å². The number of aryl methyl sites for hydroxylation is 1. The van der Waals surface area contributed by atoms with E-state index in [1.165, 1.54) is 0 Å². The van der Waals surface area contributed by atoms with Gasteiger partial charge in [-0.3, -0.25) is 4.79 Å². The fraction of sp³-hybridized carbons (Fsp3) is 0.0833. The van der Waals surface area contributed by atoms with Gasteiger partial charge < -0.3 is 15.6 Å². The van der Waals surface area contributed by atoms with Crippen molar-refractivity contribution in [2.45, 2.75) is 0 Å². The van der Waals surface area contributed by atoms with Gasteiger partial charge in [-0.05, 0) is 24.3 Å². The average Bonchev–Trinajstić information content (AvgIpc) is 2.62. The lowest BCUT2D eigenvalue weighted by molar-refractivity contribution is 0.101. The molecule has 1 aromatic heterocycles. The number of anilines is 2. The molecule has 2 rings (SSSR count). The molecule has 18 heavy (non-hydrogen) atoms. The Kier molecular flexibility index (Phi) is 3.63. The van der Waals surface area contributed by atoms with Gasteiger partial charge in [-0.25, -0.2) is 0 Å². The number of carbonyl (C=O) groups excluding carboxylic acids is 1. The summed E-state index contributed by atoms with van der Waals surface area (Å²) in [6.45, 7) is 0. The molecule has 0 aliphatic heterocycles. The van der Waals surface area contributed by atoms with E-state index in [4.69, 9.17) is 17.3 Å². The van der Waals surface area contributed by atoms with Gasteiger partial charge >= 0.3 is 0 Å². The molecule has 6 heteroatoms. The van der Waals surface area contributed by atoms with Gasteiger partial charge in [0.05, 0.1) is 16.4 Å². The number of nitrogens with zero attached hydrogens (tertiary/aromatic N) is 1. The molecule has 0 radical (unpaired) electrons. The highest BCUT2D eigenvalue weighted by atomic mass is 79.9. The van der Waals surface area contributed by atoms with Crippen LogP contribution in [-0.4, -0.2) is 10.5 Å². The van der Waals surface area contributed by atoms with Crippen LogP contribution in [0, 0.1) is 0 Å². The quantitative estimate of drug-likeness (QED) is 0.889. The molecule has 0 saturated carbocycles. The van der Waals surface area contributed by atoms with E-state index in [1.807, 2.05) is 0 Å². The number of rotatable bonds is 2. The van der Waals surface area contributed by atoms with Gasteiger partial charge in [-0.1, -0.05) is 27.5 Å². The van der Waals surface area contributed by atoms with Crippen LogP contribution >= 0.6 is 27.5 Å². The fourth-order valence-electron chi connectivity index (χ4n) is 1.59. The van der Waals surface area contributed by atoms with Crippen molar-refractivity contribution in [1.82, 2.24) is 4.57 Å². The van der Waals surface area contributed by atoms with E-state index < -0.39 is 0 Å². The third-order valence-electron chi connectivity index (χ3n) is 2.44. The lowest BCUT2D eigenvalue weighted by atomic mass is 10.3. The van der Waals surface area contributed by atoms with E-state index in [9.17, 15) is 4.79 Å². The minimum Gasteiger partial charge on any atom is -0.397 e. The molecule has 0 spiro atoms. The van der Waals surface area contributed by atoms with Gasteiger partial charge in [0, 0.05) is 17.7 Å². The summed E-state index contributed by atoms with van der Waals surface area (Å²) >= 11 is 9.33. The largest absolute Gasteiger partial charge is 0.397 e. The van der Waals surface area contributed by atoms with Gasteiger partial charge in [-0.15, -0.1) is 0 Å². The van der Waals surface area contributed by atoms with Crippen molar-refractivity contribution in [2.75, 3.05) is 11.1 Å². The number of hydrogen-bond acceptors (Lipinski definition) is 2. The zero-order valence-corrected chi connectivity index (χ0v) is 11.9. The zero-order valence-electron chi connectivity index (χ0n) is 9.58. The molecule has 0 aliphatic rings. The molecule has 0 saturated heterocycles.